The first-order chi connectivity index (χ1) is 13.5. The van der Waals surface area contributed by atoms with E-state index in [9.17, 15) is 14.4 Å². The molecule has 1 rings (SSSR count). The topological polar surface area (TPSA) is 93.7 Å². The number of ketones is 1. The highest BCUT2D eigenvalue weighted by Crippen LogP contribution is 2.29. The van der Waals surface area contributed by atoms with Crippen LogP contribution in [0.2, 0.25) is 0 Å². The second-order valence-corrected chi connectivity index (χ2v) is 6.58. The van der Waals surface area contributed by atoms with Gasteiger partial charge in [0.2, 0.25) is 5.91 Å². The van der Waals surface area contributed by atoms with Crippen molar-refractivity contribution >= 4 is 18.0 Å². The van der Waals surface area contributed by atoms with Crippen LogP contribution in [0.1, 0.15) is 60.3 Å². The Morgan fingerprint density at radius 3 is 2.25 bits per heavy atom. The second-order valence-electron chi connectivity index (χ2n) is 6.58. The molecule has 7 nitrogen and oxygen atoms in total. The van der Waals surface area contributed by atoms with Gasteiger partial charge < -0.3 is 24.9 Å². The van der Waals surface area contributed by atoms with Crippen molar-refractivity contribution in [3.63, 3.8) is 0 Å². The van der Waals surface area contributed by atoms with Crippen LogP contribution < -0.4 is 10.6 Å². The fraction of sp³-hybridized carbons (Fsp3) is 0.857. The first-order valence-electron chi connectivity index (χ1n) is 10.5. The lowest BCUT2D eigenvalue weighted by Crippen LogP contribution is -2.43. The maximum atomic E-state index is 11.4. The third-order valence-electron chi connectivity index (χ3n) is 4.14. The highest BCUT2D eigenvalue weighted by Gasteiger charge is 2.33. The number of carbonyl (C=O) groups is 3. The summed E-state index contributed by atoms with van der Waals surface area (Å²) in [4.78, 5) is 32.4. The Bertz CT molecular complexity index is 396. The van der Waals surface area contributed by atoms with Crippen molar-refractivity contribution in [1.29, 1.82) is 0 Å². The largest absolute Gasteiger partial charge is 0.381 e. The molecule has 0 aliphatic heterocycles. The molecule has 0 heterocycles. The molecule has 0 aromatic carbocycles. The molecule has 1 saturated carbocycles. The van der Waals surface area contributed by atoms with E-state index >= 15 is 0 Å². The van der Waals surface area contributed by atoms with E-state index in [-0.39, 0.29) is 11.8 Å². The van der Waals surface area contributed by atoms with E-state index in [0.29, 0.717) is 63.6 Å². The van der Waals surface area contributed by atoms with Crippen molar-refractivity contribution in [2.45, 2.75) is 66.3 Å². The predicted octanol–water partition coefficient (Wildman–Crippen LogP) is 2.37. The molecule has 0 aromatic heterocycles. The molecule has 0 unspecified atom stereocenters. The van der Waals surface area contributed by atoms with Crippen LogP contribution >= 0.6 is 0 Å². The number of amides is 1. The molecule has 1 amide bonds. The normalized spacial score (nSPS) is 17.4. The Kier molecular flexibility index (Phi) is 21.1. The van der Waals surface area contributed by atoms with Gasteiger partial charge in [-0.2, -0.15) is 0 Å². The van der Waals surface area contributed by atoms with Gasteiger partial charge in [-0.25, -0.2) is 0 Å². The number of hydrogen-bond acceptors (Lipinski definition) is 6. The summed E-state index contributed by atoms with van der Waals surface area (Å²) in [5.41, 5.74) is 0. The Morgan fingerprint density at radius 2 is 1.75 bits per heavy atom. The summed E-state index contributed by atoms with van der Waals surface area (Å²) in [6.45, 7) is 12.3. The molecule has 0 spiro atoms. The Labute approximate surface area is 171 Å². The van der Waals surface area contributed by atoms with Gasteiger partial charge >= 0.3 is 0 Å². The molecular formula is C21H42N2O5. The summed E-state index contributed by atoms with van der Waals surface area (Å²) >= 11 is 0. The predicted molar refractivity (Wildman–Crippen MR) is 112 cm³/mol. The van der Waals surface area contributed by atoms with E-state index in [2.05, 4.69) is 10.6 Å². The van der Waals surface area contributed by atoms with Crippen LogP contribution in [0.4, 0.5) is 0 Å². The van der Waals surface area contributed by atoms with Crippen molar-refractivity contribution in [3.05, 3.63) is 0 Å². The van der Waals surface area contributed by atoms with Crippen LogP contribution in [0, 0.1) is 11.8 Å². The summed E-state index contributed by atoms with van der Waals surface area (Å²) in [6, 6.07) is 0.600. The zero-order chi connectivity index (χ0) is 21.8. The number of Topliss-reactive ketones (excluding diaryl/α,β-unsaturated/α-hetero) is 1. The lowest BCUT2D eigenvalue weighted by molar-refractivity contribution is -0.129. The van der Waals surface area contributed by atoms with Crippen molar-refractivity contribution in [2.75, 3.05) is 40.0 Å². The SMILES string of the molecule is CC.CCOCCC(=O)NCCOCCC=O.CNC1CC(C(=O)C(C)C)C1. The molecule has 1 aliphatic rings. The number of nitrogens with one attached hydrogen (secondary N) is 2. The summed E-state index contributed by atoms with van der Waals surface area (Å²) in [7, 11) is 1.96. The summed E-state index contributed by atoms with van der Waals surface area (Å²) < 4.78 is 10.1. The lowest BCUT2D eigenvalue weighted by Gasteiger charge is -2.34. The zero-order valence-electron chi connectivity index (χ0n) is 18.7. The lowest BCUT2D eigenvalue weighted by atomic mass is 9.75. The van der Waals surface area contributed by atoms with Crippen LogP contribution in [-0.2, 0) is 23.9 Å². The Hall–Kier alpha value is -1.31. The number of ether oxygens (including phenoxy) is 2. The van der Waals surface area contributed by atoms with Crippen LogP contribution in [-0.4, -0.2) is 64.0 Å². The zero-order valence-corrected chi connectivity index (χ0v) is 18.7. The molecule has 7 heteroatoms. The first kappa shape index (κ1) is 28.9. The molecule has 28 heavy (non-hydrogen) atoms. The van der Waals surface area contributed by atoms with E-state index < -0.39 is 0 Å². The van der Waals surface area contributed by atoms with Crippen molar-refractivity contribution in [2.24, 2.45) is 11.8 Å². The number of hydrogen-bond donors (Lipinski definition) is 2. The number of carbonyl (C=O) groups excluding carboxylic acids is 3. The standard InChI is InChI=1S/C10H19NO4.C9H17NO.C2H6/c1-2-14-8-4-10(13)11-5-9-15-7-3-6-12;1-6(2)9(11)7-4-8(5-7)10-3;1-2/h6H,2-5,7-9H2,1H3,(H,11,13);6-8,10H,4-5H2,1-3H3;1-2H3. The van der Waals surface area contributed by atoms with Gasteiger partial charge in [-0.1, -0.05) is 27.7 Å². The molecule has 0 saturated heterocycles. The molecule has 0 bridgehead atoms. The minimum absolute atomic E-state index is 0.0394. The fourth-order valence-electron chi connectivity index (χ4n) is 2.45. The molecule has 1 fully saturated rings. The molecule has 0 atom stereocenters. The van der Waals surface area contributed by atoms with Gasteiger partial charge in [0.15, 0.2) is 0 Å². The monoisotopic (exact) mass is 402 g/mol. The third-order valence-corrected chi connectivity index (χ3v) is 4.14. The molecule has 1 aliphatic carbocycles. The molecular weight excluding hydrogens is 360 g/mol. The van der Waals surface area contributed by atoms with Crippen LogP contribution in [0.3, 0.4) is 0 Å². The number of rotatable bonds is 13. The summed E-state index contributed by atoms with van der Waals surface area (Å²) in [6.07, 6.45) is 3.68. The maximum absolute atomic E-state index is 11.4. The van der Waals surface area contributed by atoms with E-state index in [1.807, 2.05) is 41.7 Å². The highest BCUT2D eigenvalue weighted by molar-refractivity contribution is 5.83. The van der Waals surface area contributed by atoms with E-state index in [1.165, 1.54) is 0 Å². The van der Waals surface area contributed by atoms with Gasteiger partial charge in [0.05, 0.1) is 19.8 Å². The van der Waals surface area contributed by atoms with Gasteiger partial charge in [0, 0.05) is 43.9 Å². The quantitative estimate of drug-likeness (QED) is 0.363. The molecule has 2 N–H and O–H groups in total. The average Bonchev–Trinajstić information content (AvgIpc) is 2.66. The summed E-state index contributed by atoms with van der Waals surface area (Å²) in [5.74, 6) is 0.976. The van der Waals surface area contributed by atoms with Gasteiger partial charge in [-0.05, 0) is 26.8 Å². The van der Waals surface area contributed by atoms with Crippen molar-refractivity contribution in [1.82, 2.24) is 10.6 Å². The van der Waals surface area contributed by atoms with Gasteiger partial charge in [-0.15, -0.1) is 0 Å². The van der Waals surface area contributed by atoms with Gasteiger partial charge in [-0.3, -0.25) is 9.59 Å². The first-order valence-corrected chi connectivity index (χ1v) is 10.5. The third kappa shape index (κ3) is 15.7. The smallest absolute Gasteiger partial charge is 0.222 e. The van der Waals surface area contributed by atoms with E-state index in [1.54, 1.807) is 0 Å². The Morgan fingerprint density at radius 1 is 1.11 bits per heavy atom. The van der Waals surface area contributed by atoms with Crippen LogP contribution in [0.5, 0.6) is 0 Å². The average molecular weight is 403 g/mol. The fourth-order valence-corrected chi connectivity index (χ4v) is 2.45. The molecule has 0 aromatic rings. The van der Waals surface area contributed by atoms with E-state index in [0.717, 1.165) is 19.1 Å². The number of aldehydes is 1. The minimum Gasteiger partial charge on any atom is -0.381 e. The van der Waals surface area contributed by atoms with Gasteiger partial charge in [0.25, 0.3) is 0 Å². The minimum atomic E-state index is -0.0394. The van der Waals surface area contributed by atoms with Gasteiger partial charge in [0.1, 0.15) is 12.1 Å². The van der Waals surface area contributed by atoms with Crippen molar-refractivity contribution < 1.29 is 23.9 Å². The van der Waals surface area contributed by atoms with Crippen molar-refractivity contribution in [3.8, 4) is 0 Å². The van der Waals surface area contributed by atoms with Crippen LogP contribution in [0.15, 0.2) is 0 Å². The van der Waals surface area contributed by atoms with Crippen LogP contribution in [0.25, 0.3) is 0 Å². The molecule has 166 valence electrons. The van der Waals surface area contributed by atoms with E-state index in [4.69, 9.17) is 9.47 Å². The summed E-state index contributed by atoms with van der Waals surface area (Å²) in [5, 5.41) is 5.86. The molecule has 0 radical (unpaired) electrons. The second kappa shape index (κ2) is 20.4. The highest BCUT2D eigenvalue weighted by atomic mass is 16.5. The Balaban J connectivity index is 0. The maximum Gasteiger partial charge on any atom is 0.222 e.